The molecule has 1 aromatic heterocycles. The Morgan fingerprint density at radius 3 is 2.83 bits per heavy atom. The lowest BCUT2D eigenvalue weighted by Gasteiger charge is -2.05. The first-order chi connectivity index (χ1) is 8.85. The van der Waals surface area contributed by atoms with Crippen LogP contribution in [0.25, 0.3) is 11.3 Å². The highest BCUT2D eigenvalue weighted by Gasteiger charge is 2.06. The number of nitrogens with zero attached hydrogens (tertiary/aromatic N) is 2. The SMILES string of the molecule is N#Cc1cc(CCC=O)ccc1-c1ccccn1. The molecule has 0 saturated carbocycles. The van der Waals surface area contributed by atoms with E-state index in [0.29, 0.717) is 18.4 Å². The van der Waals surface area contributed by atoms with Crippen molar-refractivity contribution in [2.24, 2.45) is 0 Å². The number of nitriles is 1. The maximum atomic E-state index is 10.3. The number of rotatable bonds is 4. The van der Waals surface area contributed by atoms with Crippen molar-refractivity contribution in [2.75, 3.05) is 0 Å². The number of pyridine rings is 1. The summed E-state index contributed by atoms with van der Waals surface area (Å²) in [6, 6.07) is 13.4. The lowest BCUT2D eigenvalue weighted by molar-refractivity contribution is -0.107. The Kier molecular flexibility index (Phi) is 3.83. The van der Waals surface area contributed by atoms with Gasteiger partial charge in [0.25, 0.3) is 0 Å². The van der Waals surface area contributed by atoms with Gasteiger partial charge in [0.2, 0.25) is 0 Å². The number of carbonyl (C=O) groups is 1. The number of aromatic nitrogens is 1. The molecule has 0 fully saturated rings. The summed E-state index contributed by atoms with van der Waals surface area (Å²) >= 11 is 0. The molecule has 0 atom stereocenters. The summed E-state index contributed by atoms with van der Waals surface area (Å²) < 4.78 is 0. The van der Waals surface area contributed by atoms with Gasteiger partial charge in [-0.1, -0.05) is 18.2 Å². The second kappa shape index (κ2) is 5.74. The molecular formula is C15H12N2O. The van der Waals surface area contributed by atoms with Crippen molar-refractivity contribution >= 4 is 6.29 Å². The molecule has 0 bridgehead atoms. The minimum atomic E-state index is 0.480. The third-order valence-electron chi connectivity index (χ3n) is 2.70. The van der Waals surface area contributed by atoms with Crippen LogP contribution in [-0.4, -0.2) is 11.3 Å². The third-order valence-corrected chi connectivity index (χ3v) is 2.70. The van der Waals surface area contributed by atoms with Crippen molar-refractivity contribution in [3.8, 4) is 17.3 Å². The second-order valence-corrected chi connectivity index (χ2v) is 3.91. The summed E-state index contributed by atoms with van der Waals surface area (Å²) in [6.07, 6.45) is 3.74. The van der Waals surface area contributed by atoms with Gasteiger partial charge in [0.05, 0.1) is 17.3 Å². The molecule has 0 radical (unpaired) electrons. The van der Waals surface area contributed by atoms with E-state index in [1.54, 1.807) is 6.20 Å². The predicted octanol–water partition coefficient (Wildman–Crippen LogP) is 2.75. The van der Waals surface area contributed by atoms with Gasteiger partial charge in [-0.15, -0.1) is 0 Å². The van der Waals surface area contributed by atoms with Gasteiger partial charge in [0.1, 0.15) is 6.29 Å². The Morgan fingerprint density at radius 2 is 2.17 bits per heavy atom. The summed E-state index contributed by atoms with van der Waals surface area (Å²) in [4.78, 5) is 14.6. The molecule has 1 heterocycles. The van der Waals surface area contributed by atoms with Crippen LogP contribution >= 0.6 is 0 Å². The number of hydrogen-bond acceptors (Lipinski definition) is 3. The molecule has 0 saturated heterocycles. The summed E-state index contributed by atoms with van der Waals surface area (Å²) in [5.41, 5.74) is 3.21. The highest BCUT2D eigenvalue weighted by atomic mass is 16.1. The molecule has 0 aliphatic rings. The van der Waals surface area contributed by atoms with E-state index < -0.39 is 0 Å². The third kappa shape index (κ3) is 2.61. The minimum Gasteiger partial charge on any atom is -0.303 e. The van der Waals surface area contributed by atoms with Crippen molar-refractivity contribution in [1.29, 1.82) is 5.26 Å². The summed E-state index contributed by atoms with van der Waals surface area (Å²) in [6.45, 7) is 0. The lowest BCUT2D eigenvalue weighted by atomic mass is 10.00. The number of aldehydes is 1. The molecular weight excluding hydrogens is 224 g/mol. The van der Waals surface area contributed by atoms with E-state index in [1.807, 2.05) is 36.4 Å². The minimum absolute atomic E-state index is 0.480. The zero-order valence-electron chi connectivity index (χ0n) is 9.84. The van der Waals surface area contributed by atoms with Gasteiger partial charge in [0, 0.05) is 18.2 Å². The number of benzene rings is 1. The molecule has 2 aromatic rings. The zero-order chi connectivity index (χ0) is 12.8. The summed E-state index contributed by atoms with van der Waals surface area (Å²) in [7, 11) is 0. The first-order valence-electron chi connectivity index (χ1n) is 5.73. The quantitative estimate of drug-likeness (QED) is 0.767. The van der Waals surface area contributed by atoms with E-state index in [9.17, 15) is 10.1 Å². The Labute approximate surface area is 106 Å². The largest absolute Gasteiger partial charge is 0.303 e. The van der Waals surface area contributed by atoms with Gasteiger partial charge < -0.3 is 4.79 Å². The van der Waals surface area contributed by atoms with Crippen molar-refractivity contribution in [1.82, 2.24) is 4.98 Å². The van der Waals surface area contributed by atoms with Crippen LogP contribution in [0.5, 0.6) is 0 Å². The van der Waals surface area contributed by atoms with Gasteiger partial charge >= 0.3 is 0 Å². The van der Waals surface area contributed by atoms with Gasteiger partial charge in [-0.25, -0.2) is 0 Å². The smallest absolute Gasteiger partial charge is 0.120 e. The van der Waals surface area contributed by atoms with E-state index >= 15 is 0 Å². The zero-order valence-corrected chi connectivity index (χ0v) is 9.84. The highest BCUT2D eigenvalue weighted by Crippen LogP contribution is 2.22. The molecule has 3 nitrogen and oxygen atoms in total. The van der Waals surface area contributed by atoms with Crippen molar-refractivity contribution < 1.29 is 4.79 Å². The molecule has 0 N–H and O–H groups in total. The Morgan fingerprint density at radius 1 is 1.28 bits per heavy atom. The molecule has 0 spiro atoms. The molecule has 18 heavy (non-hydrogen) atoms. The monoisotopic (exact) mass is 236 g/mol. The molecule has 88 valence electrons. The predicted molar refractivity (Wildman–Crippen MR) is 68.8 cm³/mol. The molecule has 1 aromatic carbocycles. The van der Waals surface area contributed by atoms with Crippen LogP contribution in [0.2, 0.25) is 0 Å². The average molecular weight is 236 g/mol. The summed E-state index contributed by atoms with van der Waals surface area (Å²) in [5.74, 6) is 0. The molecule has 0 unspecified atom stereocenters. The molecule has 3 heteroatoms. The van der Waals surface area contributed by atoms with Crippen LogP contribution in [0, 0.1) is 11.3 Å². The van der Waals surface area contributed by atoms with Crippen LogP contribution in [0.15, 0.2) is 42.6 Å². The highest BCUT2D eigenvalue weighted by molar-refractivity contribution is 5.67. The van der Waals surface area contributed by atoms with Crippen molar-refractivity contribution in [3.63, 3.8) is 0 Å². The van der Waals surface area contributed by atoms with E-state index in [0.717, 1.165) is 23.1 Å². The Bertz CT molecular complexity index is 585. The van der Waals surface area contributed by atoms with Crippen LogP contribution in [-0.2, 0) is 11.2 Å². The van der Waals surface area contributed by atoms with Gasteiger partial charge in [-0.2, -0.15) is 5.26 Å². The topological polar surface area (TPSA) is 53.8 Å². The maximum absolute atomic E-state index is 10.3. The maximum Gasteiger partial charge on any atom is 0.120 e. The fourth-order valence-electron chi connectivity index (χ4n) is 1.81. The second-order valence-electron chi connectivity index (χ2n) is 3.91. The number of aryl methyl sites for hydroxylation is 1. The first kappa shape index (κ1) is 12.0. The Balaban J connectivity index is 2.38. The number of carbonyl (C=O) groups excluding carboxylic acids is 1. The molecule has 0 amide bonds. The van der Waals surface area contributed by atoms with Gasteiger partial charge in [-0.3, -0.25) is 4.98 Å². The fourth-order valence-corrected chi connectivity index (χ4v) is 1.81. The van der Waals surface area contributed by atoms with Crippen LogP contribution in [0.3, 0.4) is 0 Å². The molecule has 0 aliphatic heterocycles. The van der Waals surface area contributed by atoms with Crippen LogP contribution in [0.1, 0.15) is 17.5 Å². The molecule has 0 aliphatic carbocycles. The average Bonchev–Trinajstić information content (AvgIpc) is 2.45. The number of hydrogen-bond donors (Lipinski definition) is 0. The molecule has 2 rings (SSSR count). The van der Waals surface area contributed by atoms with Crippen LogP contribution < -0.4 is 0 Å². The van der Waals surface area contributed by atoms with E-state index in [1.165, 1.54) is 0 Å². The summed E-state index contributed by atoms with van der Waals surface area (Å²) in [5, 5.41) is 9.18. The van der Waals surface area contributed by atoms with Crippen LogP contribution in [0.4, 0.5) is 0 Å². The van der Waals surface area contributed by atoms with Crippen molar-refractivity contribution in [3.05, 3.63) is 53.7 Å². The van der Waals surface area contributed by atoms with Gasteiger partial charge in [0.15, 0.2) is 0 Å². The van der Waals surface area contributed by atoms with E-state index in [4.69, 9.17) is 0 Å². The standard InChI is InChI=1S/C15H12N2O/c16-11-13-10-12(4-3-9-18)6-7-14(13)15-5-1-2-8-17-15/h1-2,5-10H,3-4H2. The van der Waals surface area contributed by atoms with Crippen molar-refractivity contribution in [2.45, 2.75) is 12.8 Å². The van der Waals surface area contributed by atoms with E-state index in [2.05, 4.69) is 11.1 Å². The lowest BCUT2D eigenvalue weighted by Crippen LogP contribution is -1.92. The fraction of sp³-hybridized carbons (Fsp3) is 0.133. The van der Waals surface area contributed by atoms with E-state index in [-0.39, 0.29) is 0 Å². The Hall–Kier alpha value is -2.47. The first-order valence-corrected chi connectivity index (χ1v) is 5.73. The van der Waals surface area contributed by atoms with Gasteiger partial charge in [-0.05, 0) is 30.2 Å². The normalized spacial score (nSPS) is 9.72.